The van der Waals surface area contributed by atoms with E-state index in [-0.39, 0.29) is 5.56 Å². The van der Waals surface area contributed by atoms with Crippen LogP contribution in [0.15, 0.2) is 24.4 Å². The maximum Gasteiger partial charge on any atom is 0.418 e. The Hall–Kier alpha value is -1.20. The van der Waals surface area contributed by atoms with Gasteiger partial charge in [0.2, 0.25) is 0 Å². The quantitative estimate of drug-likeness (QED) is 0.798. The number of hydrogen-bond donors (Lipinski definition) is 2. The number of aliphatic hydroxyl groups is 1. The largest absolute Gasteiger partial charge is 0.418 e. The SMILES string of the molecule is OC(c1c[nH]c2cc(Cl)ccc12)C(F)(F)F. The Labute approximate surface area is 93.6 Å². The summed E-state index contributed by atoms with van der Waals surface area (Å²) >= 11 is 5.69. The number of benzene rings is 1. The van der Waals surface area contributed by atoms with Crippen LogP contribution in [0.5, 0.6) is 0 Å². The molecule has 0 fully saturated rings. The van der Waals surface area contributed by atoms with E-state index in [0.29, 0.717) is 15.9 Å². The molecule has 0 saturated heterocycles. The molecule has 0 aliphatic rings. The number of aromatic nitrogens is 1. The van der Waals surface area contributed by atoms with Crippen molar-refractivity contribution in [3.8, 4) is 0 Å². The van der Waals surface area contributed by atoms with Crippen molar-refractivity contribution in [3.05, 3.63) is 35.0 Å². The Kier molecular flexibility index (Phi) is 2.59. The summed E-state index contributed by atoms with van der Waals surface area (Å²) in [5.41, 5.74) is 0.268. The van der Waals surface area contributed by atoms with Crippen molar-refractivity contribution >= 4 is 22.5 Å². The van der Waals surface area contributed by atoms with E-state index in [0.717, 1.165) is 6.20 Å². The molecular formula is C10H7ClF3NO. The van der Waals surface area contributed by atoms with Crippen LogP contribution in [0.1, 0.15) is 11.7 Å². The van der Waals surface area contributed by atoms with Crippen molar-refractivity contribution in [2.75, 3.05) is 0 Å². The highest BCUT2D eigenvalue weighted by molar-refractivity contribution is 6.31. The van der Waals surface area contributed by atoms with Crippen LogP contribution in [0.4, 0.5) is 13.2 Å². The fraction of sp³-hybridized carbons (Fsp3) is 0.200. The van der Waals surface area contributed by atoms with E-state index in [4.69, 9.17) is 16.7 Å². The molecule has 1 aromatic heterocycles. The number of aliphatic hydroxyl groups excluding tert-OH is 1. The minimum Gasteiger partial charge on any atom is -0.379 e. The molecule has 2 nitrogen and oxygen atoms in total. The third-order valence-electron chi connectivity index (χ3n) is 2.28. The summed E-state index contributed by atoms with van der Waals surface area (Å²) in [5.74, 6) is 0. The zero-order valence-corrected chi connectivity index (χ0v) is 8.60. The first kappa shape index (κ1) is 11.3. The van der Waals surface area contributed by atoms with E-state index < -0.39 is 12.3 Å². The summed E-state index contributed by atoms with van der Waals surface area (Å²) in [6.45, 7) is 0. The van der Waals surface area contributed by atoms with Gasteiger partial charge in [-0.2, -0.15) is 13.2 Å². The van der Waals surface area contributed by atoms with Gasteiger partial charge in [-0.15, -0.1) is 0 Å². The molecule has 86 valence electrons. The highest BCUT2D eigenvalue weighted by Crippen LogP contribution is 2.36. The van der Waals surface area contributed by atoms with E-state index in [2.05, 4.69) is 4.98 Å². The van der Waals surface area contributed by atoms with E-state index >= 15 is 0 Å². The van der Waals surface area contributed by atoms with E-state index in [1.807, 2.05) is 0 Å². The zero-order chi connectivity index (χ0) is 11.9. The fourth-order valence-corrected chi connectivity index (χ4v) is 1.70. The molecule has 6 heteroatoms. The van der Waals surface area contributed by atoms with Gasteiger partial charge in [-0.3, -0.25) is 0 Å². The highest BCUT2D eigenvalue weighted by atomic mass is 35.5. The highest BCUT2D eigenvalue weighted by Gasteiger charge is 2.40. The number of hydrogen-bond acceptors (Lipinski definition) is 1. The van der Waals surface area contributed by atoms with Gasteiger partial charge in [-0.1, -0.05) is 17.7 Å². The normalized spacial score (nSPS) is 14.3. The van der Waals surface area contributed by atoms with Crippen molar-refractivity contribution < 1.29 is 18.3 Å². The van der Waals surface area contributed by atoms with Crippen LogP contribution in [0, 0.1) is 0 Å². The monoisotopic (exact) mass is 249 g/mol. The third-order valence-corrected chi connectivity index (χ3v) is 2.52. The topological polar surface area (TPSA) is 36.0 Å². The fourth-order valence-electron chi connectivity index (χ4n) is 1.52. The van der Waals surface area contributed by atoms with Crippen molar-refractivity contribution in [1.82, 2.24) is 4.98 Å². The van der Waals surface area contributed by atoms with Gasteiger partial charge in [0.15, 0.2) is 6.10 Å². The van der Waals surface area contributed by atoms with Crippen molar-refractivity contribution in [2.24, 2.45) is 0 Å². The molecule has 0 saturated carbocycles. The Morgan fingerprint density at radius 2 is 2.00 bits per heavy atom. The average Bonchev–Trinajstić information content (AvgIpc) is 2.57. The van der Waals surface area contributed by atoms with Gasteiger partial charge >= 0.3 is 6.18 Å². The Balaban J connectivity index is 2.54. The molecule has 1 unspecified atom stereocenters. The molecule has 1 heterocycles. The number of rotatable bonds is 1. The third kappa shape index (κ3) is 1.88. The standard InChI is InChI=1S/C10H7ClF3NO/c11-5-1-2-6-7(4-15-8(6)3-5)9(16)10(12,13)14/h1-4,9,15-16H. The lowest BCUT2D eigenvalue weighted by Crippen LogP contribution is -2.19. The molecule has 2 N–H and O–H groups in total. The van der Waals surface area contributed by atoms with Crippen molar-refractivity contribution in [3.63, 3.8) is 0 Å². The summed E-state index contributed by atoms with van der Waals surface area (Å²) in [7, 11) is 0. The van der Waals surface area contributed by atoms with Gasteiger partial charge in [0.25, 0.3) is 0 Å². The molecule has 2 rings (SSSR count). The van der Waals surface area contributed by atoms with E-state index in [1.165, 1.54) is 18.2 Å². The second-order valence-electron chi connectivity index (χ2n) is 3.38. The van der Waals surface area contributed by atoms with Crippen molar-refractivity contribution in [1.29, 1.82) is 0 Å². The zero-order valence-electron chi connectivity index (χ0n) is 7.85. The Bertz CT molecular complexity index is 520. The first-order valence-electron chi connectivity index (χ1n) is 4.41. The van der Waals surface area contributed by atoms with Gasteiger partial charge in [0.1, 0.15) is 0 Å². The number of alkyl halides is 3. The number of halogens is 4. The molecular weight excluding hydrogens is 243 g/mol. The van der Waals surface area contributed by atoms with Gasteiger partial charge in [0.05, 0.1) is 0 Å². The first-order valence-corrected chi connectivity index (χ1v) is 4.78. The summed E-state index contributed by atoms with van der Waals surface area (Å²) in [6, 6.07) is 4.42. The summed E-state index contributed by atoms with van der Waals surface area (Å²) in [6.07, 6.45) is -6.02. The van der Waals surface area contributed by atoms with Gasteiger partial charge in [-0.25, -0.2) is 0 Å². The first-order chi connectivity index (χ1) is 7.39. The molecule has 0 aliphatic carbocycles. The predicted molar refractivity (Wildman–Crippen MR) is 54.3 cm³/mol. The minimum atomic E-state index is -4.67. The Morgan fingerprint density at radius 1 is 1.31 bits per heavy atom. The van der Waals surface area contributed by atoms with Crippen LogP contribution in [-0.2, 0) is 0 Å². The van der Waals surface area contributed by atoms with Crippen LogP contribution in [0.3, 0.4) is 0 Å². The number of nitrogens with one attached hydrogen (secondary N) is 1. The second-order valence-corrected chi connectivity index (χ2v) is 3.81. The number of aromatic amines is 1. The number of fused-ring (bicyclic) bond motifs is 1. The number of H-pyrrole nitrogens is 1. The van der Waals surface area contributed by atoms with Crippen LogP contribution in [-0.4, -0.2) is 16.3 Å². The average molecular weight is 250 g/mol. The molecule has 0 bridgehead atoms. The molecule has 1 aromatic carbocycles. The summed E-state index contributed by atoms with van der Waals surface area (Å²) in [4.78, 5) is 2.64. The maximum atomic E-state index is 12.3. The second kappa shape index (κ2) is 3.68. The van der Waals surface area contributed by atoms with Crippen LogP contribution < -0.4 is 0 Å². The smallest absolute Gasteiger partial charge is 0.379 e. The van der Waals surface area contributed by atoms with Gasteiger partial charge in [0, 0.05) is 27.7 Å². The maximum absolute atomic E-state index is 12.3. The molecule has 1 atom stereocenters. The molecule has 0 aliphatic heterocycles. The minimum absolute atomic E-state index is 0.195. The van der Waals surface area contributed by atoms with Crippen molar-refractivity contribution in [2.45, 2.75) is 12.3 Å². The van der Waals surface area contributed by atoms with E-state index in [1.54, 1.807) is 0 Å². The lowest BCUT2D eigenvalue weighted by Gasteiger charge is -2.13. The molecule has 0 amide bonds. The van der Waals surface area contributed by atoms with Crippen LogP contribution in [0.25, 0.3) is 10.9 Å². The van der Waals surface area contributed by atoms with Gasteiger partial charge < -0.3 is 10.1 Å². The van der Waals surface area contributed by atoms with Crippen LogP contribution >= 0.6 is 11.6 Å². The van der Waals surface area contributed by atoms with Crippen LogP contribution in [0.2, 0.25) is 5.02 Å². The predicted octanol–water partition coefficient (Wildman–Crippen LogP) is 3.42. The summed E-state index contributed by atoms with van der Waals surface area (Å²) in [5, 5.41) is 9.87. The Morgan fingerprint density at radius 3 is 2.62 bits per heavy atom. The van der Waals surface area contributed by atoms with E-state index in [9.17, 15) is 13.2 Å². The molecule has 0 radical (unpaired) electrons. The molecule has 2 aromatic rings. The lowest BCUT2D eigenvalue weighted by atomic mass is 10.1. The van der Waals surface area contributed by atoms with Gasteiger partial charge in [-0.05, 0) is 12.1 Å². The molecule has 16 heavy (non-hydrogen) atoms. The summed E-state index contributed by atoms with van der Waals surface area (Å²) < 4.78 is 37.0. The molecule has 0 spiro atoms. The lowest BCUT2D eigenvalue weighted by molar-refractivity contribution is -0.206.